The Labute approximate surface area is 143 Å². The molecule has 1 atom stereocenters. The molecule has 0 aliphatic rings. The van der Waals surface area contributed by atoms with Crippen LogP contribution in [-0.4, -0.2) is 11.7 Å². The van der Waals surface area contributed by atoms with E-state index in [-0.39, 0.29) is 17.7 Å². The predicted octanol–water partition coefficient (Wildman–Crippen LogP) is 3.60. The van der Waals surface area contributed by atoms with E-state index in [9.17, 15) is 10.0 Å². The van der Waals surface area contributed by atoms with Crippen molar-refractivity contribution in [3.05, 3.63) is 63.4 Å². The summed E-state index contributed by atoms with van der Waals surface area (Å²) < 4.78 is 0.734. The molecule has 0 spiro atoms. The van der Waals surface area contributed by atoms with Crippen LogP contribution in [0.4, 0.5) is 0 Å². The van der Waals surface area contributed by atoms with Crippen LogP contribution in [0.5, 0.6) is 0 Å². The first kappa shape index (κ1) is 16.9. The molecule has 1 N–H and O–H groups in total. The monoisotopic (exact) mass is 356 g/mol. The second-order valence-electron chi connectivity index (χ2n) is 4.61. The highest BCUT2D eigenvalue weighted by molar-refractivity contribution is 7.99. The molecule has 2 aromatic rings. The van der Waals surface area contributed by atoms with Gasteiger partial charge < -0.3 is 10.5 Å². The summed E-state index contributed by atoms with van der Waals surface area (Å²) in [5, 5.41) is 15.9. The Morgan fingerprint density at radius 1 is 1.36 bits per heavy atom. The van der Waals surface area contributed by atoms with E-state index in [4.69, 9.17) is 23.2 Å². The molecule has 1 aromatic carbocycles. The molecule has 1 unspecified atom stereocenters. The molecule has 1 aromatic heterocycles. The Morgan fingerprint density at radius 2 is 2.14 bits per heavy atom. The van der Waals surface area contributed by atoms with Gasteiger partial charge in [-0.05, 0) is 42.4 Å². The Morgan fingerprint density at radius 3 is 2.82 bits per heavy atom. The van der Waals surface area contributed by atoms with Crippen molar-refractivity contribution in [3.63, 3.8) is 0 Å². The van der Waals surface area contributed by atoms with Crippen molar-refractivity contribution in [2.24, 2.45) is 0 Å². The summed E-state index contributed by atoms with van der Waals surface area (Å²) in [6, 6.07) is 9.97. The van der Waals surface area contributed by atoms with Gasteiger partial charge in [0.1, 0.15) is 0 Å². The number of thioether (sulfide) groups is 1. The predicted molar refractivity (Wildman–Crippen MR) is 89.1 cm³/mol. The van der Waals surface area contributed by atoms with Crippen molar-refractivity contribution in [2.75, 3.05) is 5.75 Å². The number of nitrogens with zero attached hydrogens (tertiary/aromatic N) is 1. The largest absolute Gasteiger partial charge is 0.618 e. The second kappa shape index (κ2) is 7.72. The van der Waals surface area contributed by atoms with Crippen molar-refractivity contribution in [2.45, 2.75) is 18.0 Å². The van der Waals surface area contributed by atoms with Crippen molar-refractivity contribution in [3.8, 4) is 0 Å². The van der Waals surface area contributed by atoms with E-state index < -0.39 is 0 Å². The molecule has 0 fully saturated rings. The first-order chi connectivity index (χ1) is 10.5. The molecule has 0 radical (unpaired) electrons. The van der Waals surface area contributed by atoms with E-state index >= 15 is 0 Å². The molecule has 1 amide bonds. The third-order valence-corrected chi connectivity index (χ3v) is 4.53. The maximum Gasteiger partial charge on any atom is 0.251 e. The van der Waals surface area contributed by atoms with Crippen LogP contribution in [0.1, 0.15) is 18.5 Å². The number of carbonyl (C=O) groups is 1. The molecule has 0 aliphatic carbocycles. The lowest BCUT2D eigenvalue weighted by atomic mass is 10.1. The second-order valence-corrected chi connectivity index (χ2v) is 6.45. The van der Waals surface area contributed by atoms with Gasteiger partial charge in [-0.25, -0.2) is 0 Å². The number of hydrogen-bond donors (Lipinski definition) is 1. The van der Waals surface area contributed by atoms with Crippen molar-refractivity contribution < 1.29 is 9.52 Å². The standard InChI is InChI=1S/C15H14Cl2N2O2S/c1-10(12-6-5-11(16)8-13(12)17)18-14(20)9-22-15-4-2-3-7-19(15)21/h2-8,10H,9H2,1H3,(H,18,20). The number of aromatic nitrogens is 1. The minimum absolute atomic E-state index is 0.155. The maximum absolute atomic E-state index is 12.0. The molecule has 7 heteroatoms. The number of rotatable bonds is 5. The van der Waals surface area contributed by atoms with Crippen LogP contribution < -0.4 is 10.0 Å². The fourth-order valence-electron chi connectivity index (χ4n) is 1.88. The highest BCUT2D eigenvalue weighted by Crippen LogP contribution is 2.26. The number of hydrogen-bond acceptors (Lipinski definition) is 3. The van der Waals surface area contributed by atoms with Gasteiger partial charge in [-0.15, -0.1) is 0 Å². The van der Waals surface area contributed by atoms with E-state index in [1.54, 1.807) is 36.4 Å². The molecule has 4 nitrogen and oxygen atoms in total. The van der Waals surface area contributed by atoms with Gasteiger partial charge in [0.15, 0.2) is 6.20 Å². The topological polar surface area (TPSA) is 56.0 Å². The number of benzene rings is 1. The van der Waals surface area contributed by atoms with Crippen molar-refractivity contribution >= 4 is 40.9 Å². The van der Waals surface area contributed by atoms with Gasteiger partial charge in [0.2, 0.25) is 5.91 Å². The molecule has 0 saturated heterocycles. The van der Waals surface area contributed by atoms with E-state index in [1.165, 1.54) is 18.0 Å². The number of halogens is 2. The summed E-state index contributed by atoms with van der Waals surface area (Å²) in [7, 11) is 0. The lowest BCUT2D eigenvalue weighted by molar-refractivity contribution is -0.645. The highest BCUT2D eigenvalue weighted by atomic mass is 35.5. The summed E-state index contributed by atoms with van der Waals surface area (Å²) in [6.45, 7) is 1.84. The summed E-state index contributed by atoms with van der Waals surface area (Å²) in [6.07, 6.45) is 1.40. The fourth-order valence-corrected chi connectivity index (χ4v) is 3.17. The van der Waals surface area contributed by atoms with Crippen LogP contribution in [-0.2, 0) is 4.79 Å². The van der Waals surface area contributed by atoms with E-state index in [0.717, 1.165) is 10.3 Å². The summed E-state index contributed by atoms with van der Waals surface area (Å²) in [4.78, 5) is 12.0. The van der Waals surface area contributed by atoms with Crippen molar-refractivity contribution in [1.29, 1.82) is 0 Å². The number of amides is 1. The molecule has 0 aliphatic heterocycles. The number of pyridine rings is 1. The van der Waals surface area contributed by atoms with Gasteiger partial charge in [-0.2, -0.15) is 4.73 Å². The average molecular weight is 357 g/mol. The maximum atomic E-state index is 12.0. The number of carbonyl (C=O) groups excluding carboxylic acids is 1. The van der Waals surface area contributed by atoms with Crippen molar-refractivity contribution in [1.82, 2.24) is 5.32 Å². The minimum atomic E-state index is -0.243. The molecular weight excluding hydrogens is 343 g/mol. The summed E-state index contributed by atoms with van der Waals surface area (Å²) >= 11 is 13.2. The van der Waals surface area contributed by atoms with Crippen LogP contribution in [0.2, 0.25) is 10.0 Å². The third-order valence-electron chi connectivity index (χ3n) is 2.95. The zero-order chi connectivity index (χ0) is 16.1. The lowest BCUT2D eigenvalue weighted by Crippen LogP contribution is -2.31. The van der Waals surface area contributed by atoms with Crippen LogP contribution in [0.25, 0.3) is 0 Å². The number of nitrogens with one attached hydrogen (secondary N) is 1. The van der Waals surface area contributed by atoms with Gasteiger partial charge in [0.25, 0.3) is 5.03 Å². The summed E-state index contributed by atoms with van der Waals surface area (Å²) in [5.74, 6) is -0.0192. The smallest absolute Gasteiger partial charge is 0.251 e. The zero-order valence-corrected chi connectivity index (χ0v) is 14.1. The van der Waals surface area contributed by atoms with E-state index in [0.29, 0.717) is 15.1 Å². The molecule has 2 rings (SSSR count). The third kappa shape index (κ3) is 4.53. The molecule has 0 bridgehead atoms. The SMILES string of the molecule is CC(NC(=O)CSc1cccc[n+]1[O-])c1ccc(Cl)cc1Cl. The van der Waals surface area contributed by atoms with Gasteiger partial charge >= 0.3 is 0 Å². The summed E-state index contributed by atoms with van der Waals surface area (Å²) in [5.41, 5.74) is 0.794. The van der Waals surface area contributed by atoms with Crippen LogP contribution in [0, 0.1) is 5.21 Å². The quantitative estimate of drug-likeness (QED) is 0.505. The van der Waals surface area contributed by atoms with Crippen LogP contribution in [0.3, 0.4) is 0 Å². The van der Waals surface area contributed by atoms with Gasteiger partial charge in [-0.3, -0.25) is 4.79 Å². The Balaban J connectivity index is 1.93. The average Bonchev–Trinajstić information content (AvgIpc) is 2.46. The molecule has 116 valence electrons. The fraction of sp³-hybridized carbons (Fsp3) is 0.200. The highest BCUT2D eigenvalue weighted by Gasteiger charge is 2.14. The lowest BCUT2D eigenvalue weighted by Gasteiger charge is -2.15. The molecular formula is C15H14Cl2N2O2S. The molecule has 1 heterocycles. The van der Waals surface area contributed by atoms with Crippen LogP contribution >= 0.6 is 35.0 Å². The first-order valence-electron chi connectivity index (χ1n) is 6.52. The van der Waals surface area contributed by atoms with E-state index in [2.05, 4.69) is 5.32 Å². The van der Waals surface area contributed by atoms with Gasteiger partial charge in [0.05, 0.1) is 11.8 Å². The van der Waals surface area contributed by atoms with Crippen LogP contribution in [0.15, 0.2) is 47.6 Å². The first-order valence-corrected chi connectivity index (χ1v) is 8.27. The van der Waals surface area contributed by atoms with Gasteiger partial charge in [-0.1, -0.05) is 29.3 Å². The molecule has 22 heavy (non-hydrogen) atoms. The Bertz CT molecular complexity index is 682. The van der Waals surface area contributed by atoms with Gasteiger partial charge in [0, 0.05) is 22.2 Å². The van der Waals surface area contributed by atoms with E-state index in [1.807, 2.05) is 6.92 Å². The Kier molecular flexibility index (Phi) is 5.94. The zero-order valence-electron chi connectivity index (χ0n) is 11.8. The normalized spacial score (nSPS) is 12.0. The minimum Gasteiger partial charge on any atom is -0.618 e. The Hall–Kier alpha value is -1.43. The molecule has 0 saturated carbocycles.